The van der Waals surface area contributed by atoms with Crippen molar-refractivity contribution in [1.82, 2.24) is 24.9 Å². The highest BCUT2D eigenvalue weighted by molar-refractivity contribution is 5.84. The van der Waals surface area contributed by atoms with Gasteiger partial charge in [0.2, 0.25) is 5.95 Å². The van der Waals surface area contributed by atoms with Gasteiger partial charge in [0.05, 0.1) is 6.33 Å². The van der Waals surface area contributed by atoms with E-state index in [0.717, 1.165) is 39.4 Å². The number of imidazole rings is 1. The number of aryl methyl sites for hydroxylation is 1. The number of nitrogens with zero attached hydrogens (tertiary/aromatic N) is 4. The predicted molar refractivity (Wildman–Crippen MR) is 127 cm³/mol. The SMILES string of the molecule is Cc1cc(C#Cc2cccnc2)ccc1Nc1nc(NC2CCCCC2)c2nc[nH]c2n1. The van der Waals surface area contributed by atoms with Crippen molar-refractivity contribution < 1.29 is 0 Å². The highest BCUT2D eigenvalue weighted by Gasteiger charge is 2.17. The summed E-state index contributed by atoms with van der Waals surface area (Å²) in [7, 11) is 0. The van der Waals surface area contributed by atoms with Crippen LogP contribution in [0.5, 0.6) is 0 Å². The lowest BCUT2D eigenvalue weighted by Crippen LogP contribution is -2.23. The van der Waals surface area contributed by atoms with E-state index < -0.39 is 0 Å². The molecule has 0 amide bonds. The molecule has 1 aliphatic rings. The molecule has 1 fully saturated rings. The summed E-state index contributed by atoms with van der Waals surface area (Å²) in [4.78, 5) is 21.0. The van der Waals surface area contributed by atoms with Crippen molar-refractivity contribution in [2.75, 3.05) is 10.6 Å². The van der Waals surface area contributed by atoms with Gasteiger partial charge < -0.3 is 15.6 Å². The topological polar surface area (TPSA) is 91.4 Å². The Morgan fingerprint density at radius 2 is 1.91 bits per heavy atom. The number of aromatic amines is 1. The van der Waals surface area contributed by atoms with Gasteiger partial charge in [0, 0.05) is 35.2 Å². The second kappa shape index (κ2) is 9.06. The molecule has 5 rings (SSSR count). The van der Waals surface area contributed by atoms with E-state index in [-0.39, 0.29) is 0 Å². The lowest BCUT2D eigenvalue weighted by Gasteiger charge is -2.23. The van der Waals surface area contributed by atoms with Crippen molar-refractivity contribution in [2.24, 2.45) is 0 Å². The van der Waals surface area contributed by atoms with Crippen molar-refractivity contribution >= 4 is 28.6 Å². The molecule has 7 nitrogen and oxygen atoms in total. The van der Waals surface area contributed by atoms with Gasteiger partial charge in [0.1, 0.15) is 5.52 Å². The van der Waals surface area contributed by atoms with Crippen LogP contribution in [0.25, 0.3) is 11.2 Å². The van der Waals surface area contributed by atoms with Crippen LogP contribution in [0.1, 0.15) is 48.8 Å². The lowest BCUT2D eigenvalue weighted by molar-refractivity contribution is 0.462. The normalized spacial score (nSPS) is 14.0. The number of pyridine rings is 1. The van der Waals surface area contributed by atoms with E-state index in [2.05, 4.69) is 48.5 Å². The predicted octanol–water partition coefficient (Wildman–Crippen LogP) is 4.94. The van der Waals surface area contributed by atoms with Crippen LogP contribution in [0.3, 0.4) is 0 Å². The Kier molecular flexibility index (Phi) is 5.67. The fraction of sp³-hybridized carbons (Fsp3) is 0.280. The van der Waals surface area contributed by atoms with Gasteiger partial charge in [-0.15, -0.1) is 0 Å². The Bertz CT molecular complexity index is 1280. The fourth-order valence-corrected chi connectivity index (χ4v) is 4.02. The summed E-state index contributed by atoms with van der Waals surface area (Å²) < 4.78 is 0. The average Bonchev–Trinajstić information content (AvgIpc) is 3.30. The highest BCUT2D eigenvalue weighted by atomic mass is 15.2. The van der Waals surface area contributed by atoms with Crippen molar-refractivity contribution in [3.05, 3.63) is 65.7 Å². The Hall–Kier alpha value is -3.92. The first-order chi connectivity index (χ1) is 15.7. The zero-order valence-corrected chi connectivity index (χ0v) is 18.0. The number of hydrogen-bond acceptors (Lipinski definition) is 6. The Morgan fingerprint density at radius 3 is 2.72 bits per heavy atom. The molecule has 0 spiro atoms. The molecule has 0 bridgehead atoms. The van der Waals surface area contributed by atoms with Crippen LogP contribution in [0.4, 0.5) is 17.5 Å². The first-order valence-electron chi connectivity index (χ1n) is 11.0. The highest BCUT2D eigenvalue weighted by Crippen LogP contribution is 2.26. The number of benzene rings is 1. The number of nitrogens with one attached hydrogen (secondary N) is 3. The molecule has 7 heteroatoms. The standard InChI is InChI=1S/C25H25N7/c1-17-14-18(9-10-19-6-5-13-26-15-19)11-12-21(17)30-25-31-23-22(27-16-28-23)24(32-25)29-20-7-3-2-4-8-20/h5-6,11-16,20H,2-4,7-8H2,1H3,(H3,27,28,29,30,31,32). The van der Waals surface area contributed by atoms with Gasteiger partial charge >= 0.3 is 0 Å². The van der Waals surface area contributed by atoms with Gasteiger partial charge in [-0.2, -0.15) is 9.97 Å². The van der Waals surface area contributed by atoms with Crippen LogP contribution in [0, 0.1) is 18.8 Å². The fourth-order valence-electron chi connectivity index (χ4n) is 4.02. The number of rotatable bonds is 4. The summed E-state index contributed by atoms with van der Waals surface area (Å²) in [5.74, 6) is 7.66. The van der Waals surface area contributed by atoms with Gasteiger partial charge in [-0.25, -0.2) is 4.98 Å². The molecule has 0 atom stereocenters. The molecular formula is C25H25N7. The zero-order chi connectivity index (χ0) is 21.8. The van der Waals surface area contributed by atoms with Crippen molar-refractivity contribution in [3.8, 4) is 11.8 Å². The number of H-pyrrole nitrogens is 1. The number of aromatic nitrogens is 5. The summed E-state index contributed by atoms with van der Waals surface area (Å²) in [6.45, 7) is 2.05. The second-order valence-corrected chi connectivity index (χ2v) is 8.12. The monoisotopic (exact) mass is 423 g/mol. The molecule has 4 aromatic rings. The van der Waals surface area contributed by atoms with E-state index in [0.29, 0.717) is 12.0 Å². The minimum atomic E-state index is 0.436. The summed E-state index contributed by atoms with van der Waals surface area (Å²) in [6.07, 6.45) is 11.3. The third-order valence-corrected chi connectivity index (χ3v) is 5.71. The van der Waals surface area contributed by atoms with Crippen LogP contribution in [-0.2, 0) is 0 Å². The average molecular weight is 424 g/mol. The van der Waals surface area contributed by atoms with Crippen LogP contribution < -0.4 is 10.6 Å². The Balaban J connectivity index is 1.37. The third kappa shape index (κ3) is 4.54. The van der Waals surface area contributed by atoms with Crippen molar-refractivity contribution in [1.29, 1.82) is 0 Å². The van der Waals surface area contributed by atoms with E-state index >= 15 is 0 Å². The third-order valence-electron chi connectivity index (χ3n) is 5.71. The molecule has 160 valence electrons. The maximum Gasteiger partial charge on any atom is 0.231 e. The Labute approximate surface area is 187 Å². The lowest BCUT2D eigenvalue weighted by atomic mass is 9.95. The molecule has 0 unspecified atom stereocenters. The summed E-state index contributed by atoms with van der Waals surface area (Å²) in [5, 5.41) is 6.96. The number of hydrogen-bond donors (Lipinski definition) is 3. The molecule has 3 aromatic heterocycles. The Morgan fingerprint density at radius 1 is 1.03 bits per heavy atom. The largest absolute Gasteiger partial charge is 0.365 e. The smallest absolute Gasteiger partial charge is 0.231 e. The van der Waals surface area contributed by atoms with Crippen molar-refractivity contribution in [3.63, 3.8) is 0 Å². The van der Waals surface area contributed by atoms with E-state index in [9.17, 15) is 0 Å². The van der Waals surface area contributed by atoms with Crippen LogP contribution in [-0.4, -0.2) is 31.0 Å². The molecule has 1 aliphatic carbocycles. The first-order valence-corrected chi connectivity index (χ1v) is 11.0. The van der Waals surface area contributed by atoms with E-state index in [4.69, 9.17) is 4.98 Å². The molecule has 32 heavy (non-hydrogen) atoms. The van der Waals surface area contributed by atoms with Crippen LogP contribution in [0.2, 0.25) is 0 Å². The van der Waals surface area contributed by atoms with Crippen LogP contribution in [0.15, 0.2) is 49.1 Å². The number of anilines is 3. The maximum absolute atomic E-state index is 4.75. The summed E-state index contributed by atoms with van der Waals surface area (Å²) in [6, 6.07) is 10.3. The van der Waals surface area contributed by atoms with Crippen LogP contribution >= 0.6 is 0 Å². The van der Waals surface area contributed by atoms with Gasteiger partial charge in [-0.3, -0.25) is 4.98 Å². The minimum Gasteiger partial charge on any atom is -0.365 e. The second-order valence-electron chi connectivity index (χ2n) is 8.12. The molecule has 1 aromatic carbocycles. The van der Waals surface area contributed by atoms with Gasteiger partial charge in [-0.05, 0) is 55.7 Å². The quantitative estimate of drug-likeness (QED) is 0.403. The minimum absolute atomic E-state index is 0.436. The summed E-state index contributed by atoms with van der Waals surface area (Å²) >= 11 is 0. The molecule has 3 heterocycles. The molecular weight excluding hydrogens is 398 g/mol. The molecule has 0 aliphatic heterocycles. The van der Waals surface area contributed by atoms with E-state index in [1.165, 1.54) is 32.1 Å². The molecule has 1 saturated carbocycles. The van der Waals surface area contributed by atoms with Crippen molar-refractivity contribution in [2.45, 2.75) is 45.1 Å². The van der Waals surface area contributed by atoms with E-state index in [1.807, 2.05) is 31.2 Å². The number of fused-ring (bicyclic) bond motifs is 1. The summed E-state index contributed by atoms with van der Waals surface area (Å²) in [5.41, 5.74) is 5.35. The maximum atomic E-state index is 4.75. The first kappa shape index (κ1) is 20.0. The van der Waals surface area contributed by atoms with Gasteiger partial charge in [0.25, 0.3) is 0 Å². The van der Waals surface area contributed by atoms with E-state index in [1.54, 1.807) is 18.7 Å². The van der Waals surface area contributed by atoms with Gasteiger partial charge in [0.15, 0.2) is 11.5 Å². The zero-order valence-electron chi connectivity index (χ0n) is 18.0. The van der Waals surface area contributed by atoms with Gasteiger partial charge in [-0.1, -0.05) is 31.1 Å². The molecule has 3 N–H and O–H groups in total. The molecule has 0 saturated heterocycles. The molecule has 0 radical (unpaired) electrons.